The molecule has 0 atom stereocenters. The molecule has 1 aliphatic rings. The van der Waals surface area contributed by atoms with Crippen LogP contribution < -0.4 is 9.64 Å². The summed E-state index contributed by atoms with van der Waals surface area (Å²) in [5, 5.41) is 8.66. The van der Waals surface area contributed by atoms with Crippen LogP contribution in [0.3, 0.4) is 0 Å². The molecule has 1 saturated heterocycles. The Kier molecular flexibility index (Phi) is 3.89. The second-order valence-corrected chi connectivity index (χ2v) is 4.29. The number of benzene rings is 1. The second kappa shape index (κ2) is 5.60. The molecule has 0 aromatic heterocycles. The van der Waals surface area contributed by atoms with Crippen molar-refractivity contribution in [1.29, 1.82) is 0 Å². The third kappa shape index (κ3) is 2.96. The van der Waals surface area contributed by atoms with Gasteiger partial charge in [-0.05, 0) is 12.1 Å². The molecule has 6 heteroatoms. The molecule has 0 bridgehead atoms. The van der Waals surface area contributed by atoms with Gasteiger partial charge in [0.1, 0.15) is 5.75 Å². The molecular weight excluding hydrogens is 248 g/mol. The number of carbonyl (C=O) groups excluding carboxylic acids is 1. The number of carbonyl (C=O) groups is 2. The van der Waals surface area contributed by atoms with Gasteiger partial charge in [0.05, 0.1) is 7.11 Å². The number of methoxy groups -OCH3 is 1. The van der Waals surface area contributed by atoms with Crippen molar-refractivity contribution in [3.05, 3.63) is 24.3 Å². The van der Waals surface area contributed by atoms with Crippen LogP contribution in [0, 0.1) is 0 Å². The van der Waals surface area contributed by atoms with Crippen LogP contribution in [0.15, 0.2) is 24.3 Å². The van der Waals surface area contributed by atoms with Crippen LogP contribution in [-0.2, 0) is 9.59 Å². The van der Waals surface area contributed by atoms with E-state index in [1.807, 2.05) is 24.3 Å². The number of nitrogens with zero attached hydrogens (tertiary/aromatic N) is 2. The summed E-state index contributed by atoms with van der Waals surface area (Å²) in [6.45, 7) is 2.07. The predicted molar refractivity (Wildman–Crippen MR) is 69.4 cm³/mol. The Labute approximate surface area is 111 Å². The minimum absolute atomic E-state index is 0.419. The van der Waals surface area contributed by atoms with E-state index < -0.39 is 11.9 Å². The molecule has 0 radical (unpaired) electrons. The van der Waals surface area contributed by atoms with Crippen LogP contribution >= 0.6 is 0 Å². The summed E-state index contributed by atoms with van der Waals surface area (Å²) >= 11 is 0. The molecule has 1 heterocycles. The molecule has 102 valence electrons. The Morgan fingerprint density at radius 1 is 1.21 bits per heavy atom. The second-order valence-electron chi connectivity index (χ2n) is 4.29. The Morgan fingerprint density at radius 3 is 2.47 bits per heavy atom. The van der Waals surface area contributed by atoms with Gasteiger partial charge < -0.3 is 19.6 Å². The lowest BCUT2D eigenvalue weighted by molar-refractivity contribution is -0.156. The fourth-order valence-electron chi connectivity index (χ4n) is 2.11. The zero-order chi connectivity index (χ0) is 13.8. The molecule has 6 nitrogen and oxygen atoms in total. The highest BCUT2D eigenvalue weighted by molar-refractivity contribution is 6.31. The number of hydrogen-bond donors (Lipinski definition) is 1. The van der Waals surface area contributed by atoms with Gasteiger partial charge in [0.2, 0.25) is 0 Å². The highest BCUT2D eigenvalue weighted by atomic mass is 16.5. The molecule has 19 heavy (non-hydrogen) atoms. The molecule has 0 spiro atoms. The maximum Gasteiger partial charge on any atom is 0.394 e. The number of rotatable bonds is 2. The molecule has 1 aromatic carbocycles. The summed E-state index contributed by atoms with van der Waals surface area (Å²) in [6.07, 6.45) is 0. The van der Waals surface area contributed by atoms with E-state index in [0.717, 1.165) is 11.4 Å². The smallest absolute Gasteiger partial charge is 0.394 e. The van der Waals surface area contributed by atoms with Crippen LogP contribution in [0.4, 0.5) is 5.69 Å². The first-order valence-corrected chi connectivity index (χ1v) is 6.03. The average molecular weight is 264 g/mol. The average Bonchev–Trinajstić information content (AvgIpc) is 2.46. The normalized spacial score (nSPS) is 15.2. The van der Waals surface area contributed by atoms with E-state index in [1.165, 1.54) is 4.90 Å². The lowest BCUT2D eigenvalue weighted by Gasteiger charge is -2.35. The zero-order valence-corrected chi connectivity index (χ0v) is 10.7. The number of hydrogen-bond acceptors (Lipinski definition) is 4. The third-order valence-corrected chi connectivity index (χ3v) is 3.17. The van der Waals surface area contributed by atoms with Crippen LogP contribution in [0.1, 0.15) is 0 Å². The minimum atomic E-state index is -1.39. The first-order chi connectivity index (χ1) is 9.11. The fourth-order valence-corrected chi connectivity index (χ4v) is 2.11. The van der Waals surface area contributed by atoms with Crippen molar-refractivity contribution in [3.63, 3.8) is 0 Å². The number of carboxylic acids is 1. The van der Waals surface area contributed by atoms with Crippen molar-refractivity contribution in [3.8, 4) is 5.75 Å². The maximum absolute atomic E-state index is 11.3. The van der Waals surface area contributed by atoms with Gasteiger partial charge in [-0.2, -0.15) is 0 Å². The van der Waals surface area contributed by atoms with Gasteiger partial charge in [0.15, 0.2) is 0 Å². The summed E-state index contributed by atoms with van der Waals surface area (Å²) in [6, 6.07) is 7.67. The number of aliphatic carboxylic acids is 1. The zero-order valence-electron chi connectivity index (χ0n) is 10.7. The quantitative estimate of drug-likeness (QED) is 0.784. The number of piperazine rings is 1. The van der Waals surface area contributed by atoms with Crippen LogP contribution in [0.2, 0.25) is 0 Å². The number of anilines is 1. The summed E-state index contributed by atoms with van der Waals surface area (Å²) in [5.41, 5.74) is 1.02. The summed E-state index contributed by atoms with van der Waals surface area (Å²) < 4.78 is 5.17. The first-order valence-electron chi connectivity index (χ1n) is 6.03. The van der Waals surface area contributed by atoms with Crippen LogP contribution in [-0.4, -0.2) is 55.2 Å². The summed E-state index contributed by atoms with van der Waals surface area (Å²) in [5.74, 6) is -1.44. The largest absolute Gasteiger partial charge is 0.497 e. The Hall–Kier alpha value is -2.24. The van der Waals surface area contributed by atoms with Crippen molar-refractivity contribution in [2.45, 2.75) is 0 Å². The van der Waals surface area contributed by atoms with Gasteiger partial charge in [0, 0.05) is 37.9 Å². The molecule has 2 rings (SSSR count). The lowest BCUT2D eigenvalue weighted by Crippen LogP contribution is -2.50. The van der Waals surface area contributed by atoms with Crippen molar-refractivity contribution < 1.29 is 19.4 Å². The number of carboxylic acid groups (broad SMARTS) is 1. The standard InChI is InChI=1S/C13H16N2O4/c1-19-11-4-2-3-10(9-11)14-5-7-15(8-6-14)12(16)13(17)18/h2-4,9H,5-8H2,1H3,(H,17,18). The van der Waals surface area contributed by atoms with Crippen molar-refractivity contribution >= 4 is 17.6 Å². The summed E-state index contributed by atoms with van der Waals surface area (Å²) in [4.78, 5) is 25.4. The van der Waals surface area contributed by atoms with Gasteiger partial charge in [-0.15, -0.1) is 0 Å². The predicted octanol–water partition coefficient (Wildman–Crippen LogP) is 0.428. The van der Waals surface area contributed by atoms with E-state index in [9.17, 15) is 9.59 Å². The van der Waals surface area contributed by atoms with Gasteiger partial charge in [-0.25, -0.2) is 4.79 Å². The number of amides is 1. The Bertz CT molecular complexity index is 481. The molecule has 1 aromatic rings. The molecule has 1 amide bonds. The number of ether oxygens (including phenoxy) is 1. The molecule has 0 aliphatic carbocycles. The highest BCUT2D eigenvalue weighted by Crippen LogP contribution is 2.22. The lowest BCUT2D eigenvalue weighted by atomic mass is 10.2. The Morgan fingerprint density at radius 2 is 1.89 bits per heavy atom. The first kappa shape index (κ1) is 13.2. The van der Waals surface area contributed by atoms with Gasteiger partial charge in [-0.1, -0.05) is 6.07 Å². The van der Waals surface area contributed by atoms with E-state index in [1.54, 1.807) is 7.11 Å². The van der Waals surface area contributed by atoms with E-state index in [0.29, 0.717) is 26.2 Å². The highest BCUT2D eigenvalue weighted by Gasteiger charge is 2.25. The molecule has 1 N–H and O–H groups in total. The molecule has 1 fully saturated rings. The third-order valence-electron chi connectivity index (χ3n) is 3.17. The van der Waals surface area contributed by atoms with E-state index in [4.69, 9.17) is 9.84 Å². The molecule has 0 unspecified atom stereocenters. The summed E-state index contributed by atoms with van der Waals surface area (Å²) in [7, 11) is 1.61. The maximum atomic E-state index is 11.3. The van der Waals surface area contributed by atoms with Crippen molar-refractivity contribution in [1.82, 2.24) is 4.90 Å². The molecular formula is C13H16N2O4. The van der Waals surface area contributed by atoms with E-state index >= 15 is 0 Å². The molecule has 1 aliphatic heterocycles. The van der Waals surface area contributed by atoms with Gasteiger partial charge >= 0.3 is 11.9 Å². The topological polar surface area (TPSA) is 70.1 Å². The van der Waals surface area contributed by atoms with Crippen LogP contribution in [0.5, 0.6) is 5.75 Å². The van der Waals surface area contributed by atoms with E-state index in [-0.39, 0.29) is 0 Å². The molecule has 0 saturated carbocycles. The van der Waals surface area contributed by atoms with Gasteiger partial charge in [-0.3, -0.25) is 4.79 Å². The fraction of sp³-hybridized carbons (Fsp3) is 0.385. The van der Waals surface area contributed by atoms with Crippen LogP contribution in [0.25, 0.3) is 0 Å². The van der Waals surface area contributed by atoms with Gasteiger partial charge in [0.25, 0.3) is 0 Å². The Balaban J connectivity index is 1.99. The monoisotopic (exact) mass is 264 g/mol. The SMILES string of the molecule is COc1cccc(N2CCN(C(=O)C(=O)O)CC2)c1. The van der Waals surface area contributed by atoms with E-state index in [2.05, 4.69) is 4.90 Å². The van der Waals surface area contributed by atoms with Crippen molar-refractivity contribution in [2.24, 2.45) is 0 Å². The minimum Gasteiger partial charge on any atom is -0.497 e. The van der Waals surface area contributed by atoms with Crippen molar-refractivity contribution in [2.75, 3.05) is 38.2 Å².